The van der Waals surface area contributed by atoms with Crippen molar-refractivity contribution in [1.29, 1.82) is 0 Å². The molecule has 0 fully saturated rings. The Hall–Kier alpha value is -0.500. The van der Waals surface area contributed by atoms with Crippen molar-refractivity contribution in [3.63, 3.8) is 0 Å². The summed E-state index contributed by atoms with van der Waals surface area (Å²) in [6.45, 7) is 9.07. The van der Waals surface area contributed by atoms with Crippen LogP contribution in [0.3, 0.4) is 0 Å². The second-order valence-electron chi connectivity index (χ2n) is 6.23. The molecule has 1 aromatic rings. The molecule has 3 heteroatoms. The lowest BCUT2D eigenvalue weighted by molar-refractivity contribution is -0.704. The van der Waals surface area contributed by atoms with Gasteiger partial charge in [-0.2, -0.15) is 0 Å². The van der Waals surface area contributed by atoms with Crippen molar-refractivity contribution in [2.24, 2.45) is 0 Å². The second kappa shape index (κ2) is 14.1. The van der Waals surface area contributed by atoms with Gasteiger partial charge in [-0.3, -0.25) is 0 Å². The van der Waals surface area contributed by atoms with Crippen LogP contribution in [0.2, 0.25) is 0 Å². The van der Waals surface area contributed by atoms with E-state index in [4.69, 9.17) is 0 Å². The highest BCUT2D eigenvalue weighted by Crippen LogP contribution is 2.10. The summed E-state index contributed by atoms with van der Waals surface area (Å²) in [7, 11) is 0. The summed E-state index contributed by atoms with van der Waals surface area (Å²) in [4.78, 5) is 0. The number of halogens is 1. The lowest BCUT2D eigenvalue weighted by Gasteiger charge is -2.03. The predicted molar refractivity (Wildman–Crippen MR) is 91.5 cm³/mol. The summed E-state index contributed by atoms with van der Waals surface area (Å²) < 4.78 is 4.82. The summed E-state index contributed by atoms with van der Waals surface area (Å²) >= 11 is 0. The molecule has 0 radical (unpaired) electrons. The van der Waals surface area contributed by atoms with Gasteiger partial charge < -0.3 is 12.4 Å². The van der Waals surface area contributed by atoms with Crippen LogP contribution in [0, 0.1) is 0 Å². The topological polar surface area (TPSA) is 8.81 Å². The summed E-state index contributed by atoms with van der Waals surface area (Å²) in [5, 5.41) is 0. The monoisotopic (exact) mass is 328 g/mol. The summed E-state index contributed by atoms with van der Waals surface area (Å²) in [5.74, 6) is 1.48. The summed E-state index contributed by atoms with van der Waals surface area (Å²) in [5.41, 5.74) is 0. The van der Waals surface area contributed by atoms with Gasteiger partial charge in [0.15, 0.2) is 0 Å². The first-order valence-electron chi connectivity index (χ1n) is 9.40. The molecule has 0 aliphatic rings. The van der Waals surface area contributed by atoms with E-state index in [0.717, 1.165) is 13.0 Å². The maximum Gasteiger partial charge on any atom is 0.256 e. The number of rotatable bonds is 13. The van der Waals surface area contributed by atoms with Crippen LogP contribution in [0.4, 0.5) is 0 Å². The Bertz CT molecular complexity index is 360. The molecule has 2 nitrogen and oxygen atoms in total. The van der Waals surface area contributed by atoms with Gasteiger partial charge in [-0.25, -0.2) is 9.13 Å². The Kier molecular flexibility index (Phi) is 13.8. The van der Waals surface area contributed by atoms with Crippen molar-refractivity contribution < 1.29 is 17.0 Å². The Morgan fingerprint density at radius 2 is 1.36 bits per heavy atom. The Labute approximate surface area is 144 Å². The van der Waals surface area contributed by atoms with Crippen LogP contribution in [0.1, 0.15) is 90.8 Å². The zero-order valence-electron chi connectivity index (χ0n) is 15.1. The molecular formula is C19H37ClN2. The summed E-state index contributed by atoms with van der Waals surface area (Å²) in [6, 6.07) is 0. The molecule has 0 saturated carbocycles. The average Bonchev–Trinajstić information content (AvgIpc) is 2.91. The molecule has 0 spiro atoms. The number of nitrogens with zero attached hydrogens (tertiary/aromatic N) is 2. The molecule has 0 bridgehead atoms. The van der Waals surface area contributed by atoms with Crippen LogP contribution in [0.5, 0.6) is 0 Å². The number of aromatic nitrogens is 2. The van der Waals surface area contributed by atoms with Gasteiger partial charge in [0.2, 0.25) is 0 Å². The molecule has 1 heterocycles. The third-order valence-corrected chi connectivity index (χ3v) is 4.50. The van der Waals surface area contributed by atoms with E-state index in [2.05, 4.69) is 42.3 Å². The predicted octanol–water partition coefficient (Wildman–Crippen LogP) is 2.28. The molecule has 0 amide bonds. The van der Waals surface area contributed by atoms with Crippen molar-refractivity contribution >= 4 is 0 Å². The number of hydrogen-bond acceptors (Lipinski definition) is 0. The first kappa shape index (κ1) is 21.5. The molecule has 0 N–H and O–H groups in total. The molecule has 0 aliphatic heterocycles. The number of imidazole rings is 1. The van der Waals surface area contributed by atoms with Crippen LogP contribution in [0.25, 0.3) is 0 Å². The van der Waals surface area contributed by atoms with Crippen molar-refractivity contribution in [2.75, 3.05) is 0 Å². The lowest BCUT2D eigenvalue weighted by atomic mass is 10.1. The van der Waals surface area contributed by atoms with Crippen molar-refractivity contribution in [3.8, 4) is 0 Å². The molecule has 0 unspecified atom stereocenters. The van der Waals surface area contributed by atoms with Crippen molar-refractivity contribution in [1.82, 2.24) is 4.57 Å². The fourth-order valence-electron chi connectivity index (χ4n) is 3.17. The fraction of sp³-hybridized carbons (Fsp3) is 0.842. The highest BCUT2D eigenvalue weighted by atomic mass is 35.5. The van der Waals surface area contributed by atoms with Gasteiger partial charge in [-0.15, -0.1) is 0 Å². The van der Waals surface area contributed by atoms with Crippen LogP contribution in [-0.2, 0) is 19.5 Å². The largest absolute Gasteiger partial charge is 1.00 e. The van der Waals surface area contributed by atoms with Gasteiger partial charge >= 0.3 is 0 Å². The normalized spacial score (nSPS) is 10.7. The Morgan fingerprint density at radius 1 is 0.818 bits per heavy atom. The van der Waals surface area contributed by atoms with E-state index in [1.54, 1.807) is 0 Å². The zero-order chi connectivity index (χ0) is 15.3. The van der Waals surface area contributed by atoms with Gasteiger partial charge in [-0.1, -0.05) is 65.2 Å². The average molecular weight is 329 g/mol. The van der Waals surface area contributed by atoms with E-state index < -0.39 is 0 Å². The van der Waals surface area contributed by atoms with Gasteiger partial charge in [-0.05, 0) is 19.8 Å². The van der Waals surface area contributed by atoms with E-state index in [1.807, 2.05) is 0 Å². The smallest absolute Gasteiger partial charge is 0.256 e. The lowest BCUT2D eigenvalue weighted by Crippen LogP contribution is -3.00. The van der Waals surface area contributed by atoms with E-state index in [-0.39, 0.29) is 12.4 Å². The van der Waals surface area contributed by atoms with Crippen LogP contribution >= 0.6 is 0 Å². The second-order valence-corrected chi connectivity index (χ2v) is 6.23. The molecule has 1 rings (SSSR count). The molecule has 0 atom stereocenters. The minimum Gasteiger partial charge on any atom is -1.00 e. The minimum absolute atomic E-state index is 0. The molecule has 22 heavy (non-hydrogen) atoms. The molecule has 1 aromatic heterocycles. The Morgan fingerprint density at radius 3 is 1.86 bits per heavy atom. The third-order valence-electron chi connectivity index (χ3n) is 4.50. The molecule has 130 valence electrons. The molecular weight excluding hydrogens is 292 g/mol. The highest BCUT2D eigenvalue weighted by molar-refractivity contribution is 4.82. The molecule has 0 saturated heterocycles. The van der Waals surface area contributed by atoms with Gasteiger partial charge in [0.05, 0.1) is 13.1 Å². The number of hydrogen-bond donors (Lipinski definition) is 0. The Balaban J connectivity index is 0.00000441. The summed E-state index contributed by atoms with van der Waals surface area (Å²) in [6.07, 6.45) is 19.8. The third kappa shape index (κ3) is 8.22. The number of aryl methyl sites for hydroxylation is 2. The van der Waals surface area contributed by atoms with Gasteiger partial charge in [0.25, 0.3) is 5.82 Å². The van der Waals surface area contributed by atoms with E-state index in [9.17, 15) is 0 Å². The molecule has 0 aliphatic carbocycles. The maximum atomic E-state index is 2.45. The minimum atomic E-state index is 0. The zero-order valence-corrected chi connectivity index (χ0v) is 15.9. The maximum absolute atomic E-state index is 2.45. The van der Waals surface area contributed by atoms with E-state index >= 15 is 0 Å². The number of unbranched alkanes of at least 4 members (excludes halogenated alkanes) is 9. The van der Waals surface area contributed by atoms with Crippen LogP contribution in [0.15, 0.2) is 12.4 Å². The standard InChI is InChI=1S/C19H37N2.ClH/c1-4-7-8-9-10-11-12-13-14-15-16-21-18-17-20(6-3)19(21)5-2;/h17-18H,4-16H2,1-3H3;1H/q+1;/p-1. The van der Waals surface area contributed by atoms with E-state index in [0.29, 0.717) is 0 Å². The van der Waals surface area contributed by atoms with Crippen LogP contribution < -0.4 is 17.0 Å². The van der Waals surface area contributed by atoms with Gasteiger partial charge in [0.1, 0.15) is 12.4 Å². The molecule has 0 aromatic carbocycles. The van der Waals surface area contributed by atoms with E-state index in [1.165, 1.54) is 76.6 Å². The SMILES string of the molecule is CCCCCCCCCCCC[n+]1ccn(CC)c1CC.[Cl-]. The quantitative estimate of drug-likeness (QED) is 0.388. The fourth-order valence-corrected chi connectivity index (χ4v) is 3.17. The van der Waals surface area contributed by atoms with Crippen LogP contribution in [-0.4, -0.2) is 4.57 Å². The highest BCUT2D eigenvalue weighted by Gasteiger charge is 2.12. The van der Waals surface area contributed by atoms with Crippen molar-refractivity contribution in [2.45, 2.75) is 104 Å². The van der Waals surface area contributed by atoms with Crippen molar-refractivity contribution in [3.05, 3.63) is 18.2 Å². The van der Waals surface area contributed by atoms with Gasteiger partial charge in [0, 0.05) is 6.42 Å². The first-order valence-corrected chi connectivity index (χ1v) is 9.40. The first-order chi connectivity index (χ1) is 10.3.